The Morgan fingerprint density at radius 3 is 2.79 bits per heavy atom. The van der Waals surface area contributed by atoms with Gasteiger partial charge in [0.1, 0.15) is 24.6 Å². The third kappa shape index (κ3) is 4.85. The smallest absolute Gasteiger partial charge is 0.351 e. The van der Waals surface area contributed by atoms with Crippen LogP contribution in [0.2, 0.25) is 0 Å². The highest BCUT2D eigenvalue weighted by atomic mass is 16.6. The van der Waals surface area contributed by atoms with Crippen molar-refractivity contribution in [3.63, 3.8) is 0 Å². The van der Waals surface area contributed by atoms with Crippen molar-refractivity contribution < 1.29 is 24.6 Å². The molecule has 0 radical (unpaired) electrons. The highest BCUT2D eigenvalue weighted by Gasteiger charge is 2.29. The number of ether oxygens (including phenoxy) is 2. The minimum absolute atomic E-state index is 0.0388. The third-order valence-electron chi connectivity index (χ3n) is 4.45. The molecule has 1 aliphatic rings. The summed E-state index contributed by atoms with van der Waals surface area (Å²) in [5, 5.41) is 18.0. The number of carbonyl (C=O) groups is 1. The van der Waals surface area contributed by atoms with E-state index in [0.717, 1.165) is 5.56 Å². The molecule has 1 aromatic carbocycles. The van der Waals surface area contributed by atoms with Crippen LogP contribution in [0, 0.1) is 0 Å². The number of nitrogens with two attached hydrogens (primary N) is 1. The molecule has 28 heavy (non-hydrogen) atoms. The monoisotopic (exact) mass is 390 g/mol. The molecule has 3 unspecified atom stereocenters. The van der Waals surface area contributed by atoms with Crippen LogP contribution in [0.4, 0.5) is 5.82 Å². The van der Waals surface area contributed by atoms with Crippen LogP contribution in [0.5, 0.6) is 5.75 Å². The summed E-state index contributed by atoms with van der Waals surface area (Å²) in [6.45, 7) is 0.0388. The van der Waals surface area contributed by atoms with Gasteiger partial charge in [-0.25, -0.2) is 4.79 Å². The summed E-state index contributed by atoms with van der Waals surface area (Å²) < 4.78 is 12.3. The lowest BCUT2D eigenvalue weighted by Crippen LogP contribution is -2.36. The fraction of sp³-hybridized carbons (Fsp3) is 0.389. The lowest BCUT2D eigenvalue weighted by Gasteiger charge is -2.17. The molecule has 2 heterocycles. The Hall–Kier alpha value is -2.95. The molecule has 0 saturated carbocycles. The predicted octanol–water partition coefficient (Wildman–Crippen LogP) is 0.541. The minimum atomic E-state index is -0.827. The topological polar surface area (TPSA) is 149 Å². The van der Waals surface area contributed by atoms with E-state index in [1.165, 1.54) is 29.0 Å². The van der Waals surface area contributed by atoms with E-state index in [1.807, 2.05) is 5.48 Å². The number of rotatable bonds is 7. The molecule has 10 nitrogen and oxygen atoms in total. The van der Waals surface area contributed by atoms with E-state index in [9.17, 15) is 14.7 Å². The fourth-order valence-corrected chi connectivity index (χ4v) is 2.96. The maximum atomic E-state index is 12.1. The summed E-state index contributed by atoms with van der Waals surface area (Å²) in [7, 11) is 0. The Labute approximate surface area is 160 Å². The number of nitrogens with zero attached hydrogens (tertiary/aromatic N) is 2. The van der Waals surface area contributed by atoms with Crippen LogP contribution in [0.15, 0.2) is 41.3 Å². The zero-order valence-corrected chi connectivity index (χ0v) is 15.0. The molecule has 3 atom stereocenters. The van der Waals surface area contributed by atoms with Gasteiger partial charge in [-0.15, -0.1) is 0 Å². The summed E-state index contributed by atoms with van der Waals surface area (Å²) in [6, 6.07) is 7.06. The van der Waals surface area contributed by atoms with Crippen molar-refractivity contribution >= 4 is 11.8 Å². The molecule has 0 aliphatic carbocycles. The van der Waals surface area contributed by atoms with E-state index in [0.29, 0.717) is 19.3 Å². The first-order chi connectivity index (χ1) is 13.5. The molecule has 2 aromatic rings. The number of aromatic hydroxyl groups is 1. The number of benzene rings is 1. The number of esters is 1. The van der Waals surface area contributed by atoms with Gasteiger partial charge >= 0.3 is 11.7 Å². The van der Waals surface area contributed by atoms with Gasteiger partial charge in [-0.1, -0.05) is 12.1 Å². The molecule has 150 valence electrons. The van der Waals surface area contributed by atoms with Crippen molar-refractivity contribution in [3.8, 4) is 5.75 Å². The van der Waals surface area contributed by atoms with Crippen LogP contribution in [0.25, 0.3) is 0 Å². The first kappa shape index (κ1) is 19.8. The molecule has 0 spiro atoms. The van der Waals surface area contributed by atoms with Gasteiger partial charge in [-0.05, 0) is 43.0 Å². The summed E-state index contributed by atoms with van der Waals surface area (Å²) in [5.41, 5.74) is 7.94. The number of carbonyl (C=O) groups excluding carboxylic acids is 1. The molecule has 0 bridgehead atoms. The Kier molecular flexibility index (Phi) is 6.24. The quantitative estimate of drug-likeness (QED) is 0.392. The number of aromatic nitrogens is 2. The molecule has 1 saturated heterocycles. The van der Waals surface area contributed by atoms with Crippen molar-refractivity contribution in [1.29, 1.82) is 0 Å². The molecule has 0 amide bonds. The number of nitrogens with one attached hydrogen (secondary N) is 1. The van der Waals surface area contributed by atoms with Crippen LogP contribution in [-0.2, 0) is 20.7 Å². The van der Waals surface area contributed by atoms with Gasteiger partial charge in [-0.3, -0.25) is 20.0 Å². The second-order valence-corrected chi connectivity index (χ2v) is 6.51. The average molecular weight is 390 g/mol. The van der Waals surface area contributed by atoms with E-state index in [-0.39, 0.29) is 24.3 Å². The minimum Gasteiger partial charge on any atom is -0.508 e. The Balaban J connectivity index is 1.48. The average Bonchev–Trinajstić information content (AvgIpc) is 3.16. The van der Waals surface area contributed by atoms with E-state index >= 15 is 0 Å². The number of anilines is 1. The van der Waals surface area contributed by atoms with Gasteiger partial charge in [0.15, 0.2) is 5.82 Å². The highest BCUT2D eigenvalue weighted by molar-refractivity contribution is 5.75. The number of hydrogen-bond acceptors (Lipinski definition) is 9. The van der Waals surface area contributed by atoms with E-state index in [1.54, 1.807) is 12.1 Å². The normalized spacial score (nSPS) is 19.9. The fourth-order valence-electron chi connectivity index (χ4n) is 2.96. The third-order valence-corrected chi connectivity index (χ3v) is 4.45. The summed E-state index contributed by atoms with van der Waals surface area (Å²) in [6.07, 6.45) is 2.08. The maximum Gasteiger partial charge on any atom is 0.351 e. The highest BCUT2D eigenvalue weighted by Crippen LogP contribution is 2.27. The van der Waals surface area contributed by atoms with Crippen LogP contribution >= 0.6 is 0 Å². The first-order valence-electron chi connectivity index (χ1n) is 8.81. The van der Waals surface area contributed by atoms with Gasteiger partial charge in [0.05, 0.1) is 6.10 Å². The first-order valence-corrected chi connectivity index (χ1v) is 8.81. The summed E-state index contributed by atoms with van der Waals surface area (Å²) >= 11 is 0. The van der Waals surface area contributed by atoms with E-state index < -0.39 is 23.9 Å². The largest absolute Gasteiger partial charge is 0.508 e. The van der Waals surface area contributed by atoms with E-state index in [2.05, 4.69) is 4.98 Å². The second-order valence-electron chi connectivity index (χ2n) is 6.51. The lowest BCUT2D eigenvalue weighted by atomic mass is 10.1. The van der Waals surface area contributed by atoms with Gasteiger partial charge in [0.2, 0.25) is 0 Å². The molecular formula is C18H22N4O6. The number of hydrogen-bond donors (Lipinski definition) is 4. The summed E-state index contributed by atoms with van der Waals surface area (Å²) in [5.74, 6) is -0.353. The molecule has 1 aromatic heterocycles. The predicted molar refractivity (Wildman–Crippen MR) is 97.8 cm³/mol. The van der Waals surface area contributed by atoms with Crippen molar-refractivity contribution in [3.05, 3.63) is 52.6 Å². The number of phenols is 1. The Bertz CT molecular complexity index is 869. The standard InChI is InChI=1S/C18H22N4O6/c19-14(9-11-1-3-12(23)4-2-11)17(24)27-10-13-5-6-16(28-13)22-8-7-15(21-26)20-18(22)25/h1-4,7-8,13-14,16,23,26H,5-6,9-10,19H2,(H,20,21,25). The van der Waals surface area contributed by atoms with Crippen LogP contribution in [0.1, 0.15) is 24.6 Å². The lowest BCUT2D eigenvalue weighted by molar-refractivity contribution is -0.150. The summed E-state index contributed by atoms with van der Waals surface area (Å²) in [4.78, 5) is 27.7. The maximum absolute atomic E-state index is 12.1. The zero-order valence-electron chi connectivity index (χ0n) is 15.0. The molecule has 1 fully saturated rings. The SMILES string of the molecule is NC(Cc1ccc(O)cc1)C(=O)OCC1CCC(n2ccc(NO)nc2=O)O1. The van der Waals surface area contributed by atoms with Gasteiger partial charge in [0.25, 0.3) is 0 Å². The van der Waals surface area contributed by atoms with Gasteiger partial charge in [0, 0.05) is 6.20 Å². The zero-order chi connectivity index (χ0) is 20.1. The van der Waals surface area contributed by atoms with Crippen molar-refractivity contribution in [2.75, 3.05) is 12.1 Å². The Morgan fingerprint density at radius 2 is 2.11 bits per heavy atom. The van der Waals surface area contributed by atoms with Crippen molar-refractivity contribution in [2.45, 2.75) is 37.6 Å². The molecule has 3 rings (SSSR count). The van der Waals surface area contributed by atoms with Gasteiger partial charge < -0.3 is 20.3 Å². The number of phenolic OH excluding ortho intramolecular Hbond substituents is 1. The van der Waals surface area contributed by atoms with Crippen LogP contribution < -0.4 is 16.9 Å². The van der Waals surface area contributed by atoms with Crippen molar-refractivity contribution in [2.24, 2.45) is 5.73 Å². The molecule has 5 N–H and O–H groups in total. The van der Waals surface area contributed by atoms with Crippen LogP contribution in [0.3, 0.4) is 0 Å². The van der Waals surface area contributed by atoms with Crippen LogP contribution in [-0.4, -0.2) is 44.6 Å². The molecular weight excluding hydrogens is 368 g/mol. The molecule has 10 heteroatoms. The molecule has 1 aliphatic heterocycles. The Morgan fingerprint density at radius 1 is 1.36 bits per heavy atom. The second kappa shape index (κ2) is 8.83. The van der Waals surface area contributed by atoms with Crippen molar-refractivity contribution in [1.82, 2.24) is 9.55 Å². The van der Waals surface area contributed by atoms with E-state index in [4.69, 9.17) is 20.4 Å². The van der Waals surface area contributed by atoms with Gasteiger partial charge in [-0.2, -0.15) is 4.98 Å².